The van der Waals surface area contributed by atoms with Gasteiger partial charge in [0, 0.05) is 13.1 Å². The van der Waals surface area contributed by atoms with Crippen LogP contribution in [0.25, 0.3) is 0 Å². The lowest BCUT2D eigenvalue weighted by molar-refractivity contribution is 0.0954. The van der Waals surface area contributed by atoms with E-state index < -0.39 is 5.82 Å². The van der Waals surface area contributed by atoms with Gasteiger partial charge in [0.15, 0.2) is 0 Å². The highest BCUT2D eigenvalue weighted by Gasteiger charge is 2.13. The van der Waals surface area contributed by atoms with Gasteiger partial charge in [-0.3, -0.25) is 4.79 Å². The first-order chi connectivity index (χ1) is 10.2. The van der Waals surface area contributed by atoms with Crippen molar-refractivity contribution in [3.8, 4) is 0 Å². The summed E-state index contributed by atoms with van der Waals surface area (Å²) < 4.78 is 13.3. The number of carbonyl (C=O) groups excluding carboxylic acids is 1. The summed E-state index contributed by atoms with van der Waals surface area (Å²) in [6, 6.07) is 11.1. The third kappa shape index (κ3) is 4.27. The average Bonchev–Trinajstić information content (AvgIpc) is 2.50. The number of anilines is 1. The molecule has 5 heteroatoms. The number of rotatable bonds is 6. The number of aromatic nitrogens is 1. The highest BCUT2D eigenvalue weighted by Crippen LogP contribution is 2.13. The molecule has 110 valence electrons. The molecule has 0 spiro atoms. The second-order valence-electron chi connectivity index (χ2n) is 4.57. The van der Waals surface area contributed by atoms with E-state index in [1.807, 2.05) is 37.3 Å². The predicted octanol–water partition coefficient (Wildman–Crippen LogP) is 2.63. The number of nitrogens with one attached hydrogen (secondary N) is 2. The summed E-state index contributed by atoms with van der Waals surface area (Å²) in [7, 11) is 0. The largest absolute Gasteiger partial charge is 0.370 e. The van der Waals surface area contributed by atoms with Gasteiger partial charge in [0.1, 0.15) is 11.6 Å². The van der Waals surface area contributed by atoms with Gasteiger partial charge < -0.3 is 10.6 Å². The van der Waals surface area contributed by atoms with E-state index in [2.05, 4.69) is 15.6 Å². The summed E-state index contributed by atoms with van der Waals surface area (Å²) in [6.45, 7) is 3.00. The molecule has 0 bridgehead atoms. The van der Waals surface area contributed by atoms with Crippen LogP contribution in [0.15, 0.2) is 42.6 Å². The molecule has 2 rings (SSSR count). The summed E-state index contributed by atoms with van der Waals surface area (Å²) in [5.41, 5.74) is 1.37. The fraction of sp³-hybridized carbons (Fsp3) is 0.250. The predicted molar refractivity (Wildman–Crippen MR) is 80.8 cm³/mol. The van der Waals surface area contributed by atoms with Gasteiger partial charge in [-0.15, -0.1) is 0 Å². The van der Waals surface area contributed by atoms with Crippen molar-refractivity contribution in [3.05, 3.63) is 59.5 Å². The van der Waals surface area contributed by atoms with Gasteiger partial charge in [-0.1, -0.05) is 30.3 Å². The summed E-state index contributed by atoms with van der Waals surface area (Å²) in [6.07, 6.45) is 1.82. The van der Waals surface area contributed by atoms with Crippen molar-refractivity contribution in [2.45, 2.75) is 13.3 Å². The maximum Gasteiger partial charge on any atom is 0.255 e. The molecule has 1 heterocycles. The molecule has 0 radical (unpaired) electrons. The first-order valence-corrected chi connectivity index (χ1v) is 6.92. The van der Waals surface area contributed by atoms with Gasteiger partial charge in [-0.2, -0.15) is 0 Å². The minimum atomic E-state index is -0.523. The quantitative estimate of drug-likeness (QED) is 0.858. The van der Waals surface area contributed by atoms with Crippen LogP contribution in [-0.4, -0.2) is 24.0 Å². The average molecular weight is 287 g/mol. The summed E-state index contributed by atoms with van der Waals surface area (Å²) in [5, 5.41) is 5.74. The zero-order valence-corrected chi connectivity index (χ0v) is 11.9. The van der Waals surface area contributed by atoms with Crippen molar-refractivity contribution in [2.24, 2.45) is 0 Å². The van der Waals surface area contributed by atoms with Crippen LogP contribution in [0.5, 0.6) is 0 Å². The van der Waals surface area contributed by atoms with Crippen LogP contribution in [0, 0.1) is 5.82 Å². The van der Waals surface area contributed by atoms with E-state index in [-0.39, 0.29) is 11.5 Å². The highest BCUT2D eigenvalue weighted by atomic mass is 19.1. The molecular weight excluding hydrogens is 269 g/mol. The molecular formula is C16H18FN3O. The Labute approximate surface area is 123 Å². The number of carbonyl (C=O) groups is 1. The Balaban J connectivity index is 1.98. The minimum Gasteiger partial charge on any atom is -0.370 e. The summed E-state index contributed by atoms with van der Waals surface area (Å²) in [5.74, 6) is -0.449. The summed E-state index contributed by atoms with van der Waals surface area (Å²) >= 11 is 0. The van der Waals surface area contributed by atoms with Gasteiger partial charge >= 0.3 is 0 Å². The highest BCUT2D eigenvalue weighted by molar-refractivity contribution is 5.98. The third-order valence-electron chi connectivity index (χ3n) is 2.99. The van der Waals surface area contributed by atoms with Crippen molar-refractivity contribution < 1.29 is 9.18 Å². The summed E-state index contributed by atoms with van der Waals surface area (Å²) in [4.78, 5) is 16.0. The Kier molecular flexibility index (Phi) is 5.26. The van der Waals surface area contributed by atoms with Gasteiger partial charge in [0.05, 0.1) is 11.8 Å². The Bertz CT molecular complexity index is 602. The lowest BCUT2D eigenvalue weighted by atomic mass is 10.1. The van der Waals surface area contributed by atoms with Crippen LogP contribution < -0.4 is 10.6 Å². The number of amides is 1. The van der Waals surface area contributed by atoms with E-state index in [0.29, 0.717) is 18.9 Å². The molecule has 1 amide bonds. The normalized spacial score (nSPS) is 10.2. The second kappa shape index (κ2) is 7.38. The fourth-order valence-corrected chi connectivity index (χ4v) is 1.98. The first kappa shape index (κ1) is 15.0. The van der Waals surface area contributed by atoms with Gasteiger partial charge in [0.25, 0.3) is 5.91 Å². The molecule has 1 aromatic carbocycles. The van der Waals surface area contributed by atoms with E-state index in [1.165, 1.54) is 6.07 Å². The zero-order valence-electron chi connectivity index (χ0n) is 11.9. The molecule has 0 aliphatic carbocycles. The van der Waals surface area contributed by atoms with Crippen LogP contribution in [0.4, 0.5) is 10.2 Å². The molecule has 0 unspecified atom stereocenters. The Morgan fingerprint density at radius 1 is 1.29 bits per heavy atom. The molecule has 2 aromatic rings. The topological polar surface area (TPSA) is 54.0 Å². The Hall–Kier alpha value is -2.43. The number of benzene rings is 1. The van der Waals surface area contributed by atoms with Crippen LogP contribution in [0.1, 0.15) is 22.8 Å². The minimum absolute atomic E-state index is 0.227. The van der Waals surface area contributed by atoms with Crippen LogP contribution in [0.3, 0.4) is 0 Å². The van der Waals surface area contributed by atoms with E-state index >= 15 is 0 Å². The van der Waals surface area contributed by atoms with Gasteiger partial charge in [-0.05, 0) is 25.0 Å². The number of hydrogen-bond donors (Lipinski definition) is 2. The van der Waals surface area contributed by atoms with Crippen molar-refractivity contribution in [2.75, 3.05) is 18.4 Å². The molecule has 21 heavy (non-hydrogen) atoms. The molecule has 0 atom stereocenters. The van der Waals surface area contributed by atoms with E-state index in [4.69, 9.17) is 0 Å². The fourth-order valence-electron chi connectivity index (χ4n) is 1.98. The van der Waals surface area contributed by atoms with Crippen molar-refractivity contribution in [1.29, 1.82) is 0 Å². The molecule has 0 aliphatic heterocycles. The lowest BCUT2D eigenvalue weighted by Crippen LogP contribution is -2.27. The van der Waals surface area contributed by atoms with Crippen LogP contribution >= 0.6 is 0 Å². The van der Waals surface area contributed by atoms with Crippen LogP contribution in [-0.2, 0) is 6.42 Å². The molecule has 2 N–H and O–H groups in total. The third-order valence-corrected chi connectivity index (χ3v) is 2.99. The van der Waals surface area contributed by atoms with Gasteiger partial charge in [0.2, 0.25) is 0 Å². The van der Waals surface area contributed by atoms with E-state index in [1.54, 1.807) is 0 Å². The standard InChI is InChI=1S/C16H18FN3O/c1-2-18-15-14(10-13(17)11-20-15)16(21)19-9-8-12-6-4-3-5-7-12/h3-7,10-11H,2,8-9H2,1H3,(H,18,20)(H,19,21). The Morgan fingerprint density at radius 3 is 2.76 bits per heavy atom. The zero-order chi connectivity index (χ0) is 15.1. The SMILES string of the molecule is CCNc1ncc(F)cc1C(=O)NCCc1ccccc1. The monoisotopic (exact) mass is 287 g/mol. The van der Waals surface area contributed by atoms with E-state index in [0.717, 1.165) is 18.2 Å². The number of halogens is 1. The van der Waals surface area contributed by atoms with E-state index in [9.17, 15) is 9.18 Å². The number of pyridine rings is 1. The number of nitrogens with zero attached hydrogens (tertiary/aromatic N) is 1. The van der Waals surface area contributed by atoms with Crippen molar-refractivity contribution in [3.63, 3.8) is 0 Å². The van der Waals surface area contributed by atoms with Crippen LogP contribution in [0.2, 0.25) is 0 Å². The molecule has 0 saturated carbocycles. The molecule has 0 saturated heterocycles. The molecule has 0 fully saturated rings. The van der Waals surface area contributed by atoms with Crippen molar-refractivity contribution in [1.82, 2.24) is 10.3 Å². The molecule has 1 aromatic heterocycles. The second-order valence-corrected chi connectivity index (χ2v) is 4.57. The smallest absolute Gasteiger partial charge is 0.255 e. The Morgan fingerprint density at radius 2 is 2.05 bits per heavy atom. The number of hydrogen-bond acceptors (Lipinski definition) is 3. The van der Waals surface area contributed by atoms with Gasteiger partial charge in [-0.25, -0.2) is 9.37 Å². The molecule has 0 aliphatic rings. The van der Waals surface area contributed by atoms with Crippen molar-refractivity contribution >= 4 is 11.7 Å². The maximum absolute atomic E-state index is 13.3. The maximum atomic E-state index is 13.3. The first-order valence-electron chi connectivity index (χ1n) is 6.92. The molecule has 4 nitrogen and oxygen atoms in total. The lowest BCUT2D eigenvalue weighted by Gasteiger charge is -2.10.